The number of carbonyl (C=O) groups is 1. The van der Waals surface area contributed by atoms with Crippen molar-refractivity contribution in [2.45, 2.75) is 13.3 Å². The fourth-order valence-corrected chi connectivity index (χ4v) is 2.38. The zero-order valence-electron chi connectivity index (χ0n) is 11.9. The molecule has 1 aromatic carbocycles. The molecule has 3 rings (SSSR count). The van der Waals surface area contributed by atoms with Crippen molar-refractivity contribution in [2.75, 3.05) is 25.6 Å². The van der Waals surface area contributed by atoms with Gasteiger partial charge in [0.25, 0.3) is 0 Å². The first-order valence-corrected chi connectivity index (χ1v) is 6.71. The Hall–Kier alpha value is -2.34. The number of hydrogen-bond donors (Lipinski definition) is 1. The molecule has 0 atom stereocenters. The number of aromatic nitrogens is 1. The molecule has 0 saturated carbocycles. The van der Waals surface area contributed by atoms with Gasteiger partial charge in [0.2, 0.25) is 5.91 Å². The number of benzene rings is 1. The zero-order valence-corrected chi connectivity index (χ0v) is 11.9. The minimum atomic E-state index is -0.229. The molecule has 110 valence electrons. The summed E-state index contributed by atoms with van der Waals surface area (Å²) in [6.45, 7) is 2.69. The molecular formula is C15H16N2O4. The highest BCUT2D eigenvalue weighted by Crippen LogP contribution is 2.35. The van der Waals surface area contributed by atoms with E-state index in [1.165, 1.54) is 6.92 Å². The molecule has 2 aromatic rings. The van der Waals surface area contributed by atoms with E-state index in [4.69, 9.17) is 13.9 Å². The fraction of sp³-hybridized carbons (Fsp3) is 0.333. The van der Waals surface area contributed by atoms with Crippen LogP contribution in [-0.4, -0.2) is 31.2 Å². The highest BCUT2D eigenvalue weighted by molar-refractivity contribution is 5.94. The summed E-state index contributed by atoms with van der Waals surface area (Å²) < 4.78 is 16.3. The second-order valence-electron chi connectivity index (χ2n) is 4.75. The molecule has 1 aliphatic rings. The molecule has 6 nitrogen and oxygen atoms in total. The van der Waals surface area contributed by atoms with Crippen molar-refractivity contribution in [3.05, 3.63) is 23.8 Å². The van der Waals surface area contributed by atoms with E-state index in [-0.39, 0.29) is 11.9 Å². The van der Waals surface area contributed by atoms with Crippen LogP contribution in [0.5, 0.6) is 5.75 Å². The number of hydrogen-bond acceptors (Lipinski definition) is 5. The fourth-order valence-electron chi connectivity index (χ4n) is 2.38. The minimum Gasteiger partial charge on any atom is -0.494 e. The third-order valence-electron chi connectivity index (χ3n) is 3.32. The number of oxazole rings is 1. The van der Waals surface area contributed by atoms with Crippen molar-refractivity contribution in [1.29, 1.82) is 0 Å². The van der Waals surface area contributed by atoms with Crippen LogP contribution >= 0.6 is 0 Å². The third-order valence-corrected chi connectivity index (χ3v) is 3.32. The summed E-state index contributed by atoms with van der Waals surface area (Å²) in [7, 11) is 1.58. The van der Waals surface area contributed by atoms with Crippen LogP contribution in [0.3, 0.4) is 0 Å². The van der Waals surface area contributed by atoms with Crippen molar-refractivity contribution in [3.63, 3.8) is 0 Å². The van der Waals surface area contributed by atoms with E-state index in [9.17, 15) is 4.79 Å². The standard InChI is InChI=1S/C15H16N2O4/c1-9(18)16-15-17-13-12(19-2)4-3-11(14(13)21-15)10-5-7-20-8-6-10/h3-5H,6-8H2,1-2H3,(H,16,17,18). The lowest BCUT2D eigenvalue weighted by Gasteiger charge is -2.14. The first kappa shape index (κ1) is 13.6. The quantitative estimate of drug-likeness (QED) is 0.939. The molecule has 1 aromatic heterocycles. The lowest BCUT2D eigenvalue weighted by Crippen LogP contribution is -2.05. The van der Waals surface area contributed by atoms with Gasteiger partial charge >= 0.3 is 6.01 Å². The van der Waals surface area contributed by atoms with Crippen LogP contribution in [0.25, 0.3) is 16.7 Å². The van der Waals surface area contributed by atoms with E-state index in [1.54, 1.807) is 7.11 Å². The largest absolute Gasteiger partial charge is 0.494 e. The SMILES string of the molecule is COc1ccc(C2=CCOCC2)c2oc(NC(C)=O)nc12. The average molecular weight is 288 g/mol. The summed E-state index contributed by atoms with van der Waals surface area (Å²) in [5.74, 6) is 0.383. The lowest BCUT2D eigenvalue weighted by molar-refractivity contribution is -0.114. The Morgan fingerprint density at radius 1 is 1.43 bits per heavy atom. The Balaban J connectivity index is 2.14. The predicted molar refractivity (Wildman–Crippen MR) is 78.3 cm³/mol. The summed E-state index contributed by atoms with van der Waals surface area (Å²) >= 11 is 0. The van der Waals surface area contributed by atoms with Gasteiger partial charge in [0.05, 0.1) is 20.3 Å². The zero-order chi connectivity index (χ0) is 14.8. The van der Waals surface area contributed by atoms with Crippen LogP contribution in [0.2, 0.25) is 0 Å². The van der Waals surface area contributed by atoms with Gasteiger partial charge in [-0.3, -0.25) is 10.1 Å². The summed E-state index contributed by atoms with van der Waals surface area (Å²) in [6.07, 6.45) is 2.85. The predicted octanol–water partition coefficient (Wildman–Crippen LogP) is 2.60. The van der Waals surface area contributed by atoms with Gasteiger partial charge in [-0.2, -0.15) is 4.98 Å². The molecule has 6 heteroatoms. The number of carbonyl (C=O) groups excluding carboxylic acids is 1. The van der Waals surface area contributed by atoms with Gasteiger partial charge in [0.15, 0.2) is 11.1 Å². The van der Waals surface area contributed by atoms with Crippen LogP contribution in [0.1, 0.15) is 18.9 Å². The monoisotopic (exact) mass is 288 g/mol. The van der Waals surface area contributed by atoms with E-state index in [2.05, 4.69) is 10.3 Å². The van der Waals surface area contributed by atoms with E-state index in [1.807, 2.05) is 18.2 Å². The molecule has 0 aliphatic carbocycles. The number of amides is 1. The maximum atomic E-state index is 11.2. The highest BCUT2D eigenvalue weighted by atomic mass is 16.5. The molecule has 2 heterocycles. The number of anilines is 1. The Morgan fingerprint density at radius 2 is 2.29 bits per heavy atom. The van der Waals surface area contributed by atoms with E-state index in [0.717, 1.165) is 17.6 Å². The smallest absolute Gasteiger partial charge is 0.302 e. The second kappa shape index (κ2) is 5.57. The minimum absolute atomic E-state index is 0.177. The molecule has 0 radical (unpaired) electrons. The van der Waals surface area contributed by atoms with Gasteiger partial charge in [0.1, 0.15) is 5.75 Å². The number of rotatable bonds is 3. The van der Waals surface area contributed by atoms with E-state index >= 15 is 0 Å². The van der Waals surface area contributed by atoms with Gasteiger partial charge in [0, 0.05) is 12.5 Å². The summed E-state index contributed by atoms with van der Waals surface area (Å²) in [4.78, 5) is 15.5. The van der Waals surface area contributed by atoms with E-state index < -0.39 is 0 Å². The first-order valence-electron chi connectivity index (χ1n) is 6.71. The Kier molecular flexibility index (Phi) is 3.62. The van der Waals surface area contributed by atoms with Crippen molar-refractivity contribution in [2.24, 2.45) is 0 Å². The van der Waals surface area contributed by atoms with Gasteiger partial charge in [-0.05, 0) is 24.1 Å². The van der Waals surface area contributed by atoms with Crippen LogP contribution in [0, 0.1) is 0 Å². The maximum Gasteiger partial charge on any atom is 0.302 e. The molecule has 0 spiro atoms. The molecule has 0 unspecified atom stereocenters. The molecular weight excluding hydrogens is 272 g/mol. The van der Waals surface area contributed by atoms with Gasteiger partial charge in [-0.25, -0.2) is 0 Å². The van der Waals surface area contributed by atoms with Crippen LogP contribution in [0.4, 0.5) is 6.01 Å². The van der Waals surface area contributed by atoms with Crippen molar-refractivity contribution in [3.8, 4) is 5.75 Å². The average Bonchev–Trinajstić information content (AvgIpc) is 2.89. The first-order chi connectivity index (χ1) is 10.2. The van der Waals surface area contributed by atoms with E-state index in [0.29, 0.717) is 30.1 Å². The molecule has 1 amide bonds. The number of nitrogens with zero attached hydrogens (tertiary/aromatic N) is 1. The molecule has 0 fully saturated rings. The Morgan fingerprint density at radius 3 is 2.95 bits per heavy atom. The lowest BCUT2D eigenvalue weighted by atomic mass is 10.0. The maximum absolute atomic E-state index is 11.2. The number of ether oxygens (including phenoxy) is 2. The topological polar surface area (TPSA) is 73.6 Å². The molecule has 0 bridgehead atoms. The summed E-state index contributed by atoms with van der Waals surface area (Å²) in [5.41, 5.74) is 3.33. The molecule has 1 N–H and O–H groups in total. The normalized spacial score (nSPS) is 14.9. The van der Waals surface area contributed by atoms with Crippen molar-refractivity contribution in [1.82, 2.24) is 4.98 Å². The van der Waals surface area contributed by atoms with Gasteiger partial charge in [-0.1, -0.05) is 6.08 Å². The van der Waals surface area contributed by atoms with Crippen molar-refractivity contribution < 1.29 is 18.7 Å². The summed E-state index contributed by atoms with van der Waals surface area (Å²) in [6, 6.07) is 3.98. The van der Waals surface area contributed by atoms with Crippen molar-refractivity contribution >= 4 is 28.6 Å². The van der Waals surface area contributed by atoms with Gasteiger partial charge < -0.3 is 13.9 Å². The number of methoxy groups -OCH3 is 1. The number of fused-ring (bicyclic) bond motifs is 1. The Labute approximate surface area is 121 Å². The Bertz CT molecular complexity index is 718. The number of nitrogens with one attached hydrogen (secondary N) is 1. The van der Waals surface area contributed by atoms with Crippen LogP contribution in [0.15, 0.2) is 22.6 Å². The summed E-state index contributed by atoms with van der Waals surface area (Å²) in [5, 5.41) is 2.56. The second-order valence-corrected chi connectivity index (χ2v) is 4.75. The van der Waals surface area contributed by atoms with Gasteiger partial charge in [-0.15, -0.1) is 0 Å². The molecule has 21 heavy (non-hydrogen) atoms. The molecule has 0 saturated heterocycles. The van der Waals surface area contributed by atoms with Crippen LogP contribution < -0.4 is 10.1 Å². The van der Waals surface area contributed by atoms with Crippen LogP contribution in [-0.2, 0) is 9.53 Å². The highest BCUT2D eigenvalue weighted by Gasteiger charge is 2.18. The molecule has 1 aliphatic heterocycles. The third kappa shape index (κ3) is 2.62.